The van der Waals surface area contributed by atoms with E-state index in [-0.39, 0.29) is 5.54 Å². The van der Waals surface area contributed by atoms with Gasteiger partial charge in [0.15, 0.2) is 0 Å². The van der Waals surface area contributed by atoms with Crippen molar-refractivity contribution in [1.29, 1.82) is 0 Å². The predicted molar refractivity (Wildman–Crippen MR) is 156 cm³/mol. The van der Waals surface area contributed by atoms with E-state index in [1.807, 2.05) is 12.1 Å². The zero-order chi connectivity index (χ0) is 25.1. The van der Waals surface area contributed by atoms with Gasteiger partial charge in [-0.2, -0.15) is 0 Å². The lowest BCUT2D eigenvalue weighted by Gasteiger charge is -2.31. The molecule has 2 aromatic heterocycles. The molecule has 0 aliphatic rings. The lowest BCUT2D eigenvalue weighted by molar-refractivity contribution is 0.380. The highest BCUT2D eigenvalue weighted by Crippen LogP contribution is 2.41. The SMILES string of the molecule is COc1ccccc1C(C)(C)n1c2ccccc2c2cc(-c3ccc4[nH]c5ccccc5c4c3)ccc21. The molecule has 3 nitrogen and oxygen atoms in total. The maximum absolute atomic E-state index is 5.77. The maximum atomic E-state index is 5.77. The van der Waals surface area contributed by atoms with Crippen molar-refractivity contribution in [2.75, 3.05) is 7.11 Å². The molecule has 0 saturated carbocycles. The van der Waals surface area contributed by atoms with Gasteiger partial charge in [0.05, 0.1) is 12.6 Å². The van der Waals surface area contributed by atoms with Crippen molar-refractivity contribution in [2.24, 2.45) is 0 Å². The molecule has 0 radical (unpaired) electrons. The molecule has 0 fully saturated rings. The van der Waals surface area contributed by atoms with Gasteiger partial charge in [0.1, 0.15) is 5.75 Å². The highest BCUT2D eigenvalue weighted by molar-refractivity contribution is 6.11. The third-order valence-corrected chi connectivity index (χ3v) is 7.84. The molecule has 0 atom stereocenters. The molecular formula is C34H28N2O. The van der Waals surface area contributed by atoms with Gasteiger partial charge in [-0.1, -0.05) is 66.7 Å². The quantitative estimate of drug-likeness (QED) is 0.268. The second kappa shape index (κ2) is 8.01. The van der Waals surface area contributed by atoms with Crippen molar-refractivity contribution >= 4 is 43.6 Å². The fourth-order valence-corrected chi connectivity index (χ4v) is 6.05. The van der Waals surface area contributed by atoms with Gasteiger partial charge in [0.25, 0.3) is 0 Å². The number of H-pyrrole nitrogens is 1. The van der Waals surface area contributed by atoms with Crippen LogP contribution in [0, 0.1) is 0 Å². The number of para-hydroxylation sites is 3. The largest absolute Gasteiger partial charge is 0.496 e. The molecule has 1 N–H and O–H groups in total. The van der Waals surface area contributed by atoms with Gasteiger partial charge >= 0.3 is 0 Å². The molecule has 5 aromatic carbocycles. The Kier molecular flexibility index (Phi) is 4.71. The van der Waals surface area contributed by atoms with Gasteiger partial charge < -0.3 is 14.3 Å². The first-order valence-electron chi connectivity index (χ1n) is 12.7. The van der Waals surface area contributed by atoms with Crippen molar-refractivity contribution in [2.45, 2.75) is 19.4 Å². The molecule has 2 heterocycles. The summed E-state index contributed by atoms with van der Waals surface area (Å²) >= 11 is 0. The van der Waals surface area contributed by atoms with E-state index < -0.39 is 0 Å². The lowest BCUT2D eigenvalue weighted by Crippen LogP contribution is -2.28. The first kappa shape index (κ1) is 21.8. The van der Waals surface area contributed by atoms with Crippen molar-refractivity contribution in [1.82, 2.24) is 9.55 Å². The van der Waals surface area contributed by atoms with Crippen LogP contribution in [0.25, 0.3) is 54.7 Å². The van der Waals surface area contributed by atoms with Gasteiger partial charge in [-0.15, -0.1) is 0 Å². The van der Waals surface area contributed by atoms with E-state index >= 15 is 0 Å². The van der Waals surface area contributed by atoms with Crippen LogP contribution in [0.1, 0.15) is 19.4 Å². The third-order valence-electron chi connectivity index (χ3n) is 7.84. The fraction of sp³-hybridized carbons (Fsp3) is 0.118. The fourth-order valence-electron chi connectivity index (χ4n) is 6.05. The number of nitrogens with one attached hydrogen (secondary N) is 1. The number of fused-ring (bicyclic) bond motifs is 6. The number of nitrogens with zero attached hydrogens (tertiary/aromatic N) is 1. The van der Waals surface area contributed by atoms with E-state index in [0.29, 0.717) is 0 Å². The molecule has 0 bridgehead atoms. The molecule has 3 heteroatoms. The van der Waals surface area contributed by atoms with Crippen LogP contribution in [0.15, 0.2) is 109 Å². The molecule has 37 heavy (non-hydrogen) atoms. The Hall–Kier alpha value is -4.50. The minimum absolute atomic E-state index is 0.321. The van der Waals surface area contributed by atoms with Crippen LogP contribution in [-0.2, 0) is 5.54 Å². The summed E-state index contributed by atoms with van der Waals surface area (Å²) in [5, 5.41) is 5.04. The number of methoxy groups -OCH3 is 1. The zero-order valence-electron chi connectivity index (χ0n) is 21.2. The van der Waals surface area contributed by atoms with E-state index in [1.54, 1.807) is 7.11 Å². The first-order valence-corrected chi connectivity index (χ1v) is 12.7. The average Bonchev–Trinajstić information content (AvgIpc) is 3.48. The number of ether oxygens (including phenoxy) is 1. The molecule has 180 valence electrons. The van der Waals surface area contributed by atoms with E-state index in [4.69, 9.17) is 4.74 Å². The number of aromatic amines is 1. The first-order chi connectivity index (χ1) is 18.1. The molecule has 0 saturated heterocycles. The Morgan fingerprint density at radius 2 is 1.22 bits per heavy atom. The Morgan fingerprint density at radius 1 is 0.595 bits per heavy atom. The van der Waals surface area contributed by atoms with Gasteiger partial charge in [-0.3, -0.25) is 0 Å². The highest BCUT2D eigenvalue weighted by Gasteiger charge is 2.29. The van der Waals surface area contributed by atoms with Crippen LogP contribution in [0.5, 0.6) is 5.75 Å². The van der Waals surface area contributed by atoms with Gasteiger partial charge in [-0.25, -0.2) is 0 Å². The second-order valence-electron chi connectivity index (χ2n) is 10.3. The summed E-state index contributed by atoms with van der Waals surface area (Å²) in [6.07, 6.45) is 0. The van der Waals surface area contributed by atoms with E-state index in [0.717, 1.165) is 11.3 Å². The topological polar surface area (TPSA) is 29.9 Å². The smallest absolute Gasteiger partial charge is 0.124 e. The van der Waals surface area contributed by atoms with Gasteiger partial charge in [0, 0.05) is 49.2 Å². The standard InChI is InChI=1S/C34H28N2O/c1-34(2,28-12-6-9-15-33(28)37-3)36-31-14-8-5-11-25(31)27-21-23(17-19-32(27)36)22-16-18-30-26(20-22)24-10-4-7-13-29(24)35-30/h4-21,35H,1-3H3. The molecule has 7 aromatic rings. The van der Waals surface area contributed by atoms with Crippen molar-refractivity contribution in [3.05, 3.63) is 115 Å². The summed E-state index contributed by atoms with van der Waals surface area (Å²) in [7, 11) is 1.75. The molecule has 0 spiro atoms. The molecule has 0 amide bonds. The monoisotopic (exact) mass is 480 g/mol. The van der Waals surface area contributed by atoms with Crippen LogP contribution >= 0.6 is 0 Å². The Morgan fingerprint density at radius 3 is 2.05 bits per heavy atom. The Bertz CT molecular complexity index is 1950. The Labute approximate surface area is 215 Å². The normalized spacial score (nSPS) is 12.2. The van der Waals surface area contributed by atoms with Crippen molar-refractivity contribution < 1.29 is 4.74 Å². The number of hydrogen-bond donors (Lipinski definition) is 1. The average molecular weight is 481 g/mol. The molecule has 7 rings (SSSR count). The molecule has 0 aliphatic heterocycles. The summed E-state index contributed by atoms with van der Waals surface area (Å²) in [6, 6.07) is 39.2. The number of aromatic nitrogens is 2. The van der Waals surface area contributed by atoms with E-state index in [2.05, 4.69) is 120 Å². The molecular weight excluding hydrogens is 452 g/mol. The minimum Gasteiger partial charge on any atom is -0.496 e. The van der Waals surface area contributed by atoms with Crippen LogP contribution in [0.3, 0.4) is 0 Å². The minimum atomic E-state index is -0.321. The van der Waals surface area contributed by atoms with Crippen LogP contribution in [0.4, 0.5) is 0 Å². The summed E-state index contributed by atoms with van der Waals surface area (Å²) in [5.74, 6) is 0.905. The van der Waals surface area contributed by atoms with E-state index in [1.165, 1.54) is 54.7 Å². The Balaban J connectivity index is 1.46. The maximum Gasteiger partial charge on any atom is 0.124 e. The molecule has 0 aliphatic carbocycles. The van der Waals surface area contributed by atoms with Gasteiger partial charge in [0.2, 0.25) is 0 Å². The molecule has 0 unspecified atom stereocenters. The third kappa shape index (κ3) is 3.20. The summed E-state index contributed by atoms with van der Waals surface area (Å²) in [4.78, 5) is 3.54. The van der Waals surface area contributed by atoms with E-state index in [9.17, 15) is 0 Å². The van der Waals surface area contributed by atoms with Crippen LogP contribution < -0.4 is 4.74 Å². The number of benzene rings is 5. The van der Waals surface area contributed by atoms with Crippen LogP contribution in [0.2, 0.25) is 0 Å². The number of hydrogen-bond acceptors (Lipinski definition) is 1. The summed E-state index contributed by atoms with van der Waals surface area (Å²) in [6.45, 7) is 4.55. The van der Waals surface area contributed by atoms with Gasteiger partial charge in [-0.05, 0) is 67.4 Å². The second-order valence-corrected chi connectivity index (χ2v) is 10.3. The zero-order valence-corrected chi connectivity index (χ0v) is 21.2. The number of rotatable bonds is 4. The summed E-state index contributed by atoms with van der Waals surface area (Å²) < 4.78 is 8.23. The van der Waals surface area contributed by atoms with Crippen molar-refractivity contribution in [3.8, 4) is 16.9 Å². The highest BCUT2D eigenvalue weighted by atomic mass is 16.5. The summed E-state index contributed by atoms with van der Waals surface area (Å²) in [5.41, 5.74) is 8.06. The van der Waals surface area contributed by atoms with Crippen LogP contribution in [-0.4, -0.2) is 16.7 Å². The van der Waals surface area contributed by atoms with Crippen molar-refractivity contribution in [3.63, 3.8) is 0 Å². The lowest BCUT2D eigenvalue weighted by atomic mass is 9.92. The predicted octanol–water partition coefficient (Wildman–Crippen LogP) is 8.89.